The first kappa shape index (κ1) is 12.6. The third kappa shape index (κ3) is 2.51. The molecule has 0 spiro atoms. The van der Waals surface area contributed by atoms with Crippen LogP contribution < -0.4 is 0 Å². The molecule has 0 aliphatic heterocycles. The molecule has 0 bridgehead atoms. The van der Waals surface area contributed by atoms with Crippen molar-refractivity contribution in [1.29, 1.82) is 0 Å². The maximum Gasteiger partial charge on any atom is 0.162 e. The van der Waals surface area contributed by atoms with Crippen molar-refractivity contribution in [2.24, 2.45) is 0 Å². The maximum absolute atomic E-state index is 12.0. The number of rotatable bonds is 4. The van der Waals surface area contributed by atoms with Crippen molar-refractivity contribution in [2.75, 3.05) is 0 Å². The van der Waals surface area contributed by atoms with Crippen LogP contribution in [-0.4, -0.2) is 5.78 Å². The van der Waals surface area contributed by atoms with Crippen LogP contribution in [0.2, 0.25) is 0 Å². The van der Waals surface area contributed by atoms with Gasteiger partial charge in [-0.3, -0.25) is 4.79 Å². The van der Waals surface area contributed by atoms with Gasteiger partial charge in [0.05, 0.1) is 0 Å². The second kappa shape index (κ2) is 5.63. The van der Waals surface area contributed by atoms with Crippen molar-refractivity contribution < 1.29 is 4.79 Å². The summed E-state index contributed by atoms with van der Waals surface area (Å²) in [6, 6.07) is 18.2. The molecule has 1 heteroatoms. The minimum Gasteiger partial charge on any atom is -0.294 e. The Morgan fingerprint density at radius 2 is 1.61 bits per heavy atom. The Bertz CT molecular complexity index is 528. The van der Waals surface area contributed by atoms with Gasteiger partial charge in [-0.1, -0.05) is 68.4 Å². The normalized spacial score (nSPS) is 12.1. The summed E-state index contributed by atoms with van der Waals surface area (Å²) >= 11 is 0. The summed E-state index contributed by atoms with van der Waals surface area (Å²) in [4.78, 5) is 12.0. The molecule has 1 unspecified atom stereocenters. The quantitative estimate of drug-likeness (QED) is 0.720. The Labute approximate surface area is 108 Å². The monoisotopic (exact) mass is 238 g/mol. The van der Waals surface area contributed by atoms with Gasteiger partial charge in [0.15, 0.2) is 5.78 Å². The second-order valence-electron chi connectivity index (χ2n) is 4.50. The molecule has 0 radical (unpaired) electrons. The summed E-state index contributed by atoms with van der Waals surface area (Å²) in [5, 5.41) is 0. The fourth-order valence-corrected chi connectivity index (χ4v) is 2.24. The molecule has 0 aliphatic rings. The van der Waals surface area contributed by atoms with E-state index in [2.05, 4.69) is 25.1 Å². The first-order valence-electron chi connectivity index (χ1n) is 6.41. The molecule has 1 atom stereocenters. The fourth-order valence-electron chi connectivity index (χ4n) is 2.24. The summed E-state index contributed by atoms with van der Waals surface area (Å²) in [5.74, 6) is 0.464. The summed E-state index contributed by atoms with van der Waals surface area (Å²) in [6.45, 7) is 4.06. The number of carbonyl (C=O) groups excluding carboxylic acids is 1. The molecular formula is C17H18O. The van der Waals surface area contributed by atoms with E-state index in [9.17, 15) is 4.79 Å². The molecule has 0 N–H and O–H groups in total. The van der Waals surface area contributed by atoms with Gasteiger partial charge in [-0.2, -0.15) is 0 Å². The van der Waals surface area contributed by atoms with Crippen LogP contribution in [0.1, 0.15) is 47.7 Å². The average Bonchev–Trinajstić information content (AvgIpc) is 2.46. The van der Waals surface area contributed by atoms with Crippen LogP contribution >= 0.6 is 0 Å². The Hall–Kier alpha value is -1.89. The van der Waals surface area contributed by atoms with Gasteiger partial charge in [0.1, 0.15) is 0 Å². The highest BCUT2D eigenvalue weighted by molar-refractivity contribution is 5.97. The van der Waals surface area contributed by atoms with Gasteiger partial charge in [-0.25, -0.2) is 0 Å². The smallest absolute Gasteiger partial charge is 0.162 e. The molecule has 0 heterocycles. The van der Waals surface area contributed by atoms with Crippen molar-refractivity contribution in [3.63, 3.8) is 0 Å². The van der Waals surface area contributed by atoms with E-state index in [1.807, 2.05) is 43.3 Å². The topological polar surface area (TPSA) is 17.1 Å². The van der Waals surface area contributed by atoms with Gasteiger partial charge in [-0.05, 0) is 11.1 Å². The van der Waals surface area contributed by atoms with E-state index in [4.69, 9.17) is 0 Å². The fraction of sp³-hybridized carbons (Fsp3) is 0.235. The largest absolute Gasteiger partial charge is 0.294 e. The van der Waals surface area contributed by atoms with E-state index in [1.165, 1.54) is 5.56 Å². The zero-order chi connectivity index (χ0) is 13.0. The van der Waals surface area contributed by atoms with Crippen LogP contribution in [0.4, 0.5) is 0 Å². The predicted molar refractivity (Wildman–Crippen MR) is 75.0 cm³/mol. The molecule has 92 valence electrons. The van der Waals surface area contributed by atoms with Crippen molar-refractivity contribution >= 4 is 5.78 Å². The lowest BCUT2D eigenvalue weighted by atomic mass is 9.88. The van der Waals surface area contributed by atoms with E-state index < -0.39 is 0 Å². The lowest BCUT2D eigenvalue weighted by Gasteiger charge is -2.16. The first-order valence-corrected chi connectivity index (χ1v) is 6.41. The van der Waals surface area contributed by atoms with E-state index in [-0.39, 0.29) is 11.7 Å². The zero-order valence-electron chi connectivity index (χ0n) is 10.9. The minimum absolute atomic E-state index is 0.216. The van der Waals surface area contributed by atoms with Crippen molar-refractivity contribution in [1.82, 2.24) is 0 Å². The minimum atomic E-state index is 0.216. The van der Waals surface area contributed by atoms with Crippen molar-refractivity contribution in [3.8, 4) is 0 Å². The van der Waals surface area contributed by atoms with Gasteiger partial charge in [0, 0.05) is 17.9 Å². The van der Waals surface area contributed by atoms with Gasteiger partial charge in [-0.15, -0.1) is 0 Å². The Morgan fingerprint density at radius 3 is 2.28 bits per heavy atom. The number of Topliss-reactive ketones (excluding diaryl/α,β-unsaturated/α-hetero) is 1. The number of hydrogen-bond acceptors (Lipinski definition) is 1. The number of ketones is 1. The summed E-state index contributed by atoms with van der Waals surface area (Å²) in [7, 11) is 0. The molecule has 2 aromatic rings. The average molecular weight is 238 g/mol. The SMILES string of the molecule is CCC(=O)c1ccccc1C(C)c1ccccc1. The lowest BCUT2D eigenvalue weighted by molar-refractivity contribution is 0.0987. The molecular weight excluding hydrogens is 220 g/mol. The highest BCUT2D eigenvalue weighted by Crippen LogP contribution is 2.27. The van der Waals surface area contributed by atoms with Gasteiger partial charge < -0.3 is 0 Å². The molecule has 0 saturated heterocycles. The predicted octanol–water partition coefficient (Wildman–Crippen LogP) is 4.43. The molecule has 2 rings (SSSR count). The van der Waals surface area contributed by atoms with Crippen molar-refractivity contribution in [3.05, 3.63) is 71.3 Å². The highest BCUT2D eigenvalue weighted by atomic mass is 16.1. The molecule has 0 saturated carbocycles. The van der Waals surface area contributed by atoms with Crippen LogP contribution in [0.15, 0.2) is 54.6 Å². The van der Waals surface area contributed by atoms with Gasteiger partial charge in [0.25, 0.3) is 0 Å². The highest BCUT2D eigenvalue weighted by Gasteiger charge is 2.15. The maximum atomic E-state index is 12.0. The third-order valence-corrected chi connectivity index (χ3v) is 3.35. The molecule has 0 fully saturated rings. The molecule has 2 aromatic carbocycles. The summed E-state index contributed by atoms with van der Waals surface area (Å²) < 4.78 is 0. The third-order valence-electron chi connectivity index (χ3n) is 3.35. The Balaban J connectivity index is 2.42. The van der Waals surface area contributed by atoms with Crippen LogP contribution in [0, 0.1) is 0 Å². The molecule has 18 heavy (non-hydrogen) atoms. The zero-order valence-corrected chi connectivity index (χ0v) is 10.9. The Morgan fingerprint density at radius 1 is 1.00 bits per heavy atom. The molecule has 0 amide bonds. The second-order valence-corrected chi connectivity index (χ2v) is 4.50. The Kier molecular flexibility index (Phi) is 3.93. The number of carbonyl (C=O) groups is 1. The van der Waals surface area contributed by atoms with Gasteiger partial charge in [0.2, 0.25) is 0 Å². The molecule has 1 nitrogen and oxygen atoms in total. The molecule has 0 aliphatic carbocycles. The number of hydrogen-bond donors (Lipinski definition) is 0. The van der Waals surface area contributed by atoms with E-state index in [1.54, 1.807) is 0 Å². The first-order chi connectivity index (χ1) is 8.74. The molecule has 0 aromatic heterocycles. The van der Waals surface area contributed by atoms with Gasteiger partial charge >= 0.3 is 0 Å². The van der Waals surface area contributed by atoms with E-state index in [0.29, 0.717) is 6.42 Å². The van der Waals surface area contributed by atoms with Crippen LogP contribution in [-0.2, 0) is 0 Å². The summed E-state index contributed by atoms with van der Waals surface area (Å²) in [6.07, 6.45) is 0.554. The lowest BCUT2D eigenvalue weighted by Crippen LogP contribution is -2.06. The number of benzene rings is 2. The van der Waals surface area contributed by atoms with Crippen LogP contribution in [0.25, 0.3) is 0 Å². The summed E-state index contributed by atoms with van der Waals surface area (Å²) in [5.41, 5.74) is 3.22. The standard InChI is InChI=1S/C17H18O/c1-3-17(18)16-12-8-7-11-15(16)13(2)14-9-5-4-6-10-14/h4-13H,3H2,1-2H3. The van der Waals surface area contributed by atoms with Crippen molar-refractivity contribution in [2.45, 2.75) is 26.2 Å². The van der Waals surface area contributed by atoms with E-state index in [0.717, 1.165) is 11.1 Å². The van der Waals surface area contributed by atoms with Crippen LogP contribution in [0.5, 0.6) is 0 Å². The van der Waals surface area contributed by atoms with E-state index >= 15 is 0 Å². The van der Waals surface area contributed by atoms with Crippen LogP contribution in [0.3, 0.4) is 0 Å².